The second kappa shape index (κ2) is 6.92. The van der Waals surface area contributed by atoms with Crippen LogP contribution in [0.4, 0.5) is 4.39 Å². The van der Waals surface area contributed by atoms with Gasteiger partial charge in [-0.3, -0.25) is 0 Å². The highest BCUT2D eigenvalue weighted by Crippen LogP contribution is 2.21. The van der Waals surface area contributed by atoms with Crippen LogP contribution in [-0.2, 0) is 9.47 Å². The van der Waals surface area contributed by atoms with Crippen LogP contribution in [0.15, 0.2) is 28.9 Å². The molecule has 108 valence electrons. The molecule has 0 fully saturated rings. The van der Waals surface area contributed by atoms with Crippen LogP contribution < -0.4 is 0 Å². The van der Waals surface area contributed by atoms with Gasteiger partial charge < -0.3 is 9.47 Å². The van der Waals surface area contributed by atoms with Gasteiger partial charge in [0.25, 0.3) is 0 Å². The Morgan fingerprint density at radius 1 is 1.30 bits per heavy atom. The van der Waals surface area contributed by atoms with Gasteiger partial charge >= 0.3 is 0 Å². The lowest BCUT2D eigenvalue weighted by atomic mass is 10.3. The number of nitrogens with zero attached hydrogens (tertiary/aromatic N) is 3. The Hall–Kier alpha value is -1.31. The first-order chi connectivity index (χ1) is 9.65. The predicted octanol–water partition coefficient (Wildman–Crippen LogP) is 3.24. The van der Waals surface area contributed by atoms with Crippen LogP contribution in [0.2, 0.25) is 0 Å². The zero-order valence-corrected chi connectivity index (χ0v) is 12.8. The lowest BCUT2D eigenvalue weighted by Gasteiger charge is -2.13. The van der Waals surface area contributed by atoms with E-state index in [4.69, 9.17) is 9.47 Å². The summed E-state index contributed by atoms with van der Waals surface area (Å²) in [7, 11) is 0. The van der Waals surface area contributed by atoms with Crippen molar-refractivity contribution in [2.24, 2.45) is 0 Å². The molecule has 0 bridgehead atoms. The Kier molecular flexibility index (Phi) is 5.22. The van der Waals surface area contributed by atoms with Crippen molar-refractivity contribution in [3.63, 3.8) is 0 Å². The molecular formula is C13H15BrFN3O2. The molecule has 0 saturated carbocycles. The van der Waals surface area contributed by atoms with Gasteiger partial charge in [-0.05, 0) is 32.0 Å². The predicted molar refractivity (Wildman–Crippen MR) is 75.0 cm³/mol. The van der Waals surface area contributed by atoms with E-state index in [-0.39, 0.29) is 5.82 Å². The van der Waals surface area contributed by atoms with Gasteiger partial charge in [-0.1, -0.05) is 21.1 Å². The summed E-state index contributed by atoms with van der Waals surface area (Å²) in [6.45, 7) is 4.71. The molecule has 0 spiro atoms. The highest BCUT2D eigenvalue weighted by Gasteiger charge is 2.17. The molecule has 1 aromatic carbocycles. The maximum Gasteiger partial charge on any atom is 0.204 e. The minimum Gasteiger partial charge on any atom is -0.347 e. The number of aromatic nitrogens is 3. The topological polar surface area (TPSA) is 49.2 Å². The Morgan fingerprint density at radius 3 is 2.65 bits per heavy atom. The minimum atomic E-state index is -0.589. The number of ether oxygens (including phenoxy) is 2. The van der Waals surface area contributed by atoms with Crippen LogP contribution in [0.3, 0.4) is 0 Å². The fraction of sp³-hybridized carbons (Fsp3) is 0.385. The quantitative estimate of drug-likeness (QED) is 0.755. The number of hydrogen-bond donors (Lipinski definition) is 0. The molecule has 0 aliphatic carbocycles. The normalized spacial score (nSPS) is 11.2. The van der Waals surface area contributed by atoms with Gasteiger partial charge in [0.05, 0.1) is 6.20 Å². The fourth-order valence-corrected chi connectivity index (χ4v) is 2.03. The highest BCUT2D eigenvalue weighted by molar-refractivity contribution is 9.10. The van der Waals surface area contributed by atoms with Gasteiger partial charge in [0.2, 0.25) is 6.29 Å². The second-order valence-corrected chi connectivity index (χ2v) is 4.84. The van der Waals surface area contributed by atoms with E-state index in [1.165, 1.54) is 10.7 Å². The monoisotopic (exact) mass is 343 g/mol. The van der Waals surface area contributed by atoms with Crippen molar-refractivity contribution in [2.75, 3.05) is 13.2 Å². The van der Waals surface area contributed by atoms with Crippen molar-refractivity contribution in [1.29, 1.82) is 0 Å². The Morgan fingerprint density at radius 2 is 2.00 bits per heavy atom. The maximum absolute atomic E-state index is 13.8. The van der Waals surface area contributed by atoms with Crippen LogP contribution in [0.25, 0.3) is 5.69 Å². The SMILES string of the molecule is CCOC(OCC)c1cn(-c2cc(Br)ccc2F)nn1. The van der Waals surface area contributed by atoms with Crippen molar-refractivity contribution < 1.29 is 13.9 Å². The van der Waals surface area contributed by atoms with E-state index in [0.29, 0.717) is 24.6 Å². The Balaban J connectivity index is 2.29. The molecule has 0 N–H and O–H groups in total. The van der Waals surface area contributed by atoms with Gasteiger partial charge in [-0.15, -0.1) is 5.10 Å². The number of halogens is 2. The first kappa shape index (κ1) is 15.1. The van der Waals surface area contributed by atoms with E-state index in [1.807, 2.05) is 13.8 Å². The van der Waals surface area contributed by atoms with E-state index >= 15 is 0 Å². The summed E-state index contributed by atoms with van der Waals surface area (Å²) in [6, 6.07) is 4.62. The second-order valence-electron chi connectivity index (χ2n) is 3.93. The molecule has 0 unspecified atom stereocenters. The zero-order valence-electron chi connectivity index (χ0n) is 11.2. The number of hydrogen-bond acceptors (Lipinski definition) is 4. The third-order valence-electron chi connectivity index (χ3n) is 2.54. The summed E-state index contributed by atoms with van der Waals surface area (Å²) in [6.07, 6.45) is 1.01. The molecule has 1 aromatic heterocycles. The molecule has 0 aliphatic rings. The Bertz CT molecular complexity index is 570. The molecule has 0 atom stereocenters. The van der Waals surface area contributed by atoms with Crippen molar-refractivity contribution in [2.45, 2.75) is 20.1 Å². The number of rotatable bonds is 6. The highest BCUT2D eigenvalue weighted by atomic mass is 79.9. The van der Waals surface area contributed by atoms with Crippen LogP contribution in [0.1, 0.15) is 25.8 Å². The summed E-state index contributed by atoms with van der Waals surface area (Å²) in [5.74, 6) is -0.381. The molecule has 2 aromatic rings. The van der Waals surface area contributed by atoms with Gasteiger partial charge in [-0.25, -0.2) is 9.07 Å². The first-order valence-corrected chi connectivity index (χ1v) is 7.05. The molecule has 0 aliphatic heterocycles. The van der Waals surface area contributed by atoms with E-state index in [9.17, 15) is 4.39 Å². The molecule has 7 heteroatoms. The molecule has 0 radical (unpaired) electrons. The lowest BCUT2D eigenvalue weighted by molar-refractivity contribution is -0.142. The van der Waals surface area contributed by atoms with Crippen molar-refractivity contribution >= 4 is 15.9 Å². The first-order valence-electron chi connectivity index (χ1n) is 6.26. The molecule has 1 heterocycles. The van der Waals surface area contributed by atoms with E-state index < -0.39 is 6.29 Å². The average molecular weight is 344 g/mol. The standard InChI is InChI=1S/C13H15BrFN3O2/c1-3-19-13(20-4-2)11-8-18(17-16-11)12-7-9(14)5-6-10(12)15/h5-8,13H,3-4H2,1-2H3. The van der Waals surface area contributed by atoms with E-state index in [2.05, 4.69) is 26.2 Å². The largest absolute Gasteiger partial charge is 0.347 e. The Labute approximate surface area is 124 Å². The molecular weight excluding hydrogens is 329 g/mol. The zero-order chi connectivity index (χ0) is 14.5. The smallest absolute Gasteiger partial charge is 0.204 e. The summed E-state index contributed by atoms with van der Waals surface area (Å²) in [5, 5.41) is 7.90. The summed E-state index contributed by atoms with van der Waals surface area (Å²) < 4.78 is 26.8. The van der Waals surface area contributed by atoms with Crippen LogP contribution in [0.5, 0.6) is 0 Å². The van der Waals surface area contributed by atoms with Crippen molar-refractivity contribution in [3.05, 3.63) is 40.4 Å². The lowest BCUT2D eigenvalue weighted by Crippen LogP contribution is -2.09. The third-order valence-corrected chi connectivity index (χ3v) is 3.04. The fourth-order valence-electron chi connectivity index (χ4n) is 1.69. The van der Waals surface area contributed by atoms with E-state index in [1.54, 1.807) is 18.3 Å². The minimum absolute atomic E-state index is 0.310. The van der Waals surface area contributed by atoms with Crippen LogP contribution >= 0.6 is 15.9 Å². The van der Waals surface area contributed by atoms with Crippen LogP contribution in [-0.4, -0.2) is 28.2 Å². The third kappa shape index (κ3) is 3.41. The number of benzene rings is 1. The summed E-state index contributed by atoms with van der Waals surface area (Å²) >= 11 is 3.30. The van der Waals surface area contributed by atoms with Gasteiger partial charge in [0.15, 0.2) is 0 Å². The van der Waals surface area contributed by atoms with Crippen molar-refractivity contribution in [3.8, 4) is 5.69 Å². The summed E-state index contributed by atoms with van der Waals surface area (Å²) in [4.78, 5) is 0. The van der Waals surface area contributed by atoms with Crippen molar-refractivity contribution in [1.82, 2.24) is 15.0 Å². The van der Waals surface area contributed by atoms with Gasteiger partial charge in [-0.2, -0.15) is 0 Å². The molecule has 5 nitrogen and oxygen atoms in total. The van der Waals surface area contributed by atoms with Gasteiger partial charge in [0, 0.05) is 17.7 Å². The molecule has 2 rings (SSSR count). The molecule has 0 amide bonds. The van der Waals surface area contributed by atoms with Gasteiger partial charge in [0.1, 0.15) is 17.2 Å². The van der Waals surface area contributed by atoms with Crippen LogP contribution in [0, 0.1) is 5.82 Å². The molecule has 20 heavy (non-hydrogen) atoms. The average Bonchev–Trinajstić information content (AvgIpc) is 2.91. The van der Waals surface area contributed by atoms with E-state index in [0.717, 1.165) is 4.47 Å². The maximum atomic E-state index is 13.8. The summed E-state index contributed by atoms with van der Waals surface area (Å²) in [5.41, 5.74) is 0.818. The molecule has 0 saturated heterocycles.